The molecular formula is C9H4F3NS. The summed E-state index contributed by atoms with van der Waals surface area (Å²) in [5.74, 6) is -2.80. The molecule has 0 aliphatic carbocycles. The van der Waals surface area contributed by atoms with E-state index in [0.29, 0.717) is 12.1 Å². The zero-order valence-corrected chi connectivity index (χ0v) is 7.62. The van der Waals surface area contributed by atoms with Gasteiger partial charge in [-0.3, -0.25) is 0 Å². The third kappa shape index (κ3) is 1.50. The molecule has 0 unspecified atom stereocenters. The van der Waals surface area contributed by atoms with E-state index in [4.69, 9.17) is 0 Å². The summed E-state index contributed by atoms with van der Waals surface area (Å²) in [6.45, 7) is 0. The van der Waals surface area contributed by atoms with E-state index in [1.165, 1.54) is 22.2 Å². The third-order valence-corrected chi connectivity index (χ3v) is 2.28. The lowest BCUT2D eigenvalue weighted by Crippen LogP contribution is -1.92. The number of rotatable bonds is 1. The Balaban J connectivity index is 2.64. The van der Waals surface area contributed by atoms with Crippen molar-refractivity contribution in [1.82, 2.24) is 4.98 Å². The quantitative estimate of drug-likeness (QED) is 0.711. The van der Waals surface area contributed by atoms with Crippen LogP contribution < -0.4 is 0 Å². The number of aromatic nitrogens is 1. The molecule has 72 valence electrons. The summed E-state index contributed by atoms with van der Waals surface area (Å²) in [7, 11) is 0. The summed E-state index contributed by atoms with van der Waals surface area (Å²) in [6, 6.07) is 1.27. The predicted molar refractivity (Wildman–Crippen MR) is 47.4 cm³/mol. The van der Waals surface area contributed by atoms with Gasteiger partial charge in [-0.1, -0.05) is 0 Å². The Morgan fingerprint density at radius 2 is 1.71 bits per heavy atom. The number of nitrogens with zero attached hydrogens (tertiary/aromatic N) is 1. The van der Waals surface area contributed by atoms with Crippen molar-refractivity contribution >= 4 is 11.3 Å². The Morgan fingerprint density at radius 3 is 2.21 bits per heavy atom. The lowest BCUT2D eigenvalue weighted by Gasteiger charge is -2.01. The number of thiazole rings is 1. The Hall–Kier alpha value is -1.36. The van der Waals surface area contributed by atoms with Crippen LogP contribution in [-0.2, 0) is 0 Å². The van der Waals surface area contributed by atoms with Crippen LogP contribution in [-0.4, -0.2) is 4.98 Å². The van der Waals surface area contributed by atoms with E-state index in [9.17, 15) is 13.2 Å². The van der Waals surface area contributed by atoms with Gasteiger partial charge in [0.2, 0.25) is 0 Å². The largest absolute Gasteiger partial charge is 0.244 e. The monoisotopic (exact) mass is 215 g/mol. The molecule has 0 atom stereocenters. The summed E-state index contributed by atoms with van der Waals surface area (Å²) >= 11 is 1.22. The van der Waals surface area contributed by atoms with Gasteiger partial charge in [0.15, 0.2) is 0 Å². The predicted octanol–water partition coefficient (Wildman–Crippen LogP) is 3.23. The fraction of sp³-hybridized carbons (Fsp3) is 0. The second-order valence-corrected chi connectivity index (χ2v) is 3.34. The maximum atomic E-state index is 13.2. The van der Waals surface area contributed by atoms with Gasteiger partial charge in [-0.15, -0.1) is 11.3 Å². The van der Waals surface area contributed by atoms with E-state index >= 15 is 0 Å². The molecule has 0 aliphatic rings. The minimum Gasteiger partial charge on any atom is -0.244 e. The van der Waals surface area contributed by atoms with Gasteiger partial charge < -0.3 is 0 Å². The maximum Gasteiger partial charge on any atom is 0.138 e. The molecule has 1 aromatic carbocycles. The standard InChI is InChI=1S/C9H4F3NS/c10-5-1-6(11)9(7(12)2-5)8-3-14-4-13-8/h1-4H. The number of hydrogen-bond donors (Lipinski definition) is 0. The van der Waals surface area contributed by atoms with Gasteiger partial charge >= 0.3 is 0 Å². The first-order valence-corrected chi connectivity index (χ1v) is 4.66. The van der Waals surface area contributed by atoms with E-state index in [1.807, 2.05) is 0 Å². The van der Waals surface area contributed by atoms with Crippen molar-refractivity contribution in [3.8, 4) is 11.3 Å². The first-order chi connectivity index (χ1) is 6.68. The molecule has 0 N–H and O–H groups in total. The van der Waals surface area contributed by atoms with Crippen molar-refractivity contribution in [1.29, 1.82) is 0 Å². The van der Waals surface area contributed by atoms with Gasteiger partial charge in [0.05, 0.1) is 16.8 Å². The molecule has 2 rings (SSSR count). The number of halogens is 3. The van der Waals surface area contributed by atoms with E-state index in [2.05, 4.69) is 4.98 Å². The summed E-state index contributed by atoms with van der Waals surface area (Å²) in [6.07, 6.45) is 0. The summed E-state index contributed by atoms with van der Waals surface area (Å²) in [5, 5.41) is 1.50. The minimum absolute atomic E-state index is 0.185. The molecule has 1 nitrogen and oxygen atoms in total. The second kappa shape index (κ2) is 3.42. The number of benzene rings is 1. The Labute approximate surface area is 81.8 Å². The molecule has 1 aromatic heterocycles. The van der Waals surface area contributed by atoms with E-state index in [-0.39, 0.29) is 11.3 Å². The van der Waals surface area contributed by atoms with E-state index in [0.717, 1.165) is 0 Å². The average Bonchev–Trinajstić information content (AvgIpc) is 2.54. The van der Waals surface area contributed by atoms with Crippen molar-refractivity contribution in [2.24, 2.45) is 0 Å². The Bertz CT molecular complexity index is 430. The Morgan fingerprint density at radius 1 is 1.07 bits per heavy atom. The molecule has 0 saturated carbocycles. The zero-order valence-electron chi connectivity index (χ0n) is 6.80. The summed E-state index contributed by atoms with van der Waals surface area (Å²) in [4.78, 5) is 3.75. The molecule has 0 radical (unpaired) electrons. The molecule has 14 heavy (non-hydrogen) atoms. The highest BCUT2D eigenvalue weighted by molar-refractivity contribution is 7.07. The number of hydrogen-bond acceptors (Lipinski definition) is 2. The highest BCUT2D eigenvalue weighted by Gasteiger charge is 2.14. The van der Waals surface area contributed by atoms with Crippen molar-refractivity contribution in [2.45, 2.75) is 0 Å². The molecule has 2 aromatic rings. The van der Waals surface area contributed by atoms with Gasteiger partial charge in [0.25, 0.3) is 0 Å². The molecule has 0 saturated heterocycles. The van der Waals surface area contributed by atoms with Crippen LogP contribution in [0.25, 0.3) is 11.3 Å². The van der Waals surface area contributed by atoms with Crippen molar-refractivity contribution in [3.05, 3.63) is 40.5 Å². The van der Waals surface area contributed by atoms with Crippen LogP contribution in [0.15, 0.2) is 23.0 Å². The highest BCUT2D eigenvalue weighted by Crippen LogP contribution is 2.26. The van der Waals surface area contributed by atoms with Gasteiger partial charge in [-0.25, -0.2) is 18.2 Å². The smallest absolute Gasteiger partial charge is 0.138 e. The fourth-order valence-electron chi connectivity index (χ4n) is 1.12. The van der Waals surface area contributed by atoms with Crippen LogP contribution in [0.2, 0.25) is 0 Å². The van der Waals surface area contributed by atoms with Gasteiger partial charge in [-0.05, 0) is 0 Å². The molecule has 0 fully saturated rings. The van der Waals surface area contributed by atoms with E-state index < -0.39 is 17.5 Å². The lowest BCUT2D eigenvalue weighted by molar-refractivity contribution is 0.547. The molecule has 1 heterocycles. The molecule has 0 bridgehead atoms. The first-order valence-electron chi connectivity index (χ1n) is 3.71. The minimum atomic E-state index is -0.937. The highest BCUT2D eigenvalue weighted by atomic mass is 32.1. The molecule has 0 spiro atoms. The van der Waals surface area contributed by atoms with Crippen LogP contribution in [0.4, 0.5) is 13.2 Å². The van der Waals surface area contributed by atoms with Crippen molar-refractivity contribution < 1.29 is 13.2 Å². The molecular weight excluding hydrogens is 211 g/mol. The second-order valence-electron chi connectivity index (χ2n) is 2.62. The maximum absolute atomic E-state index is 13.2. The molecule has 0 amide bonds. The van der Waals surface area contributed by atoms with E-state index in [1.54, 1.807) is 0 Å². The van der Waals surface area contributed by atoms with Gasteiger partial charge in [0, 0.05) is 17.5 Å². The molecule has 0 aliphatic heterocycles. The topological polar surface area (TPSA) is 12.9 Å². The fourth-order valence-corrected chi connectivity index (χ4v) is 1.67. The summed E-state index contributed by atoms with van der Waals surface area (Å²) in [5.41, 5.74) is 1.36. The first kappa shape index (κ1) is 9.21. The summed E-state index contributed by atoms with van der Waals surface area (Å²) < 4.78 is 38.9. The third-order valence-electron chi connectivity index (χ3n) is 1.70. The normalized spacial score (nSPS) is 10.5. The van der Waals surface area contributed by atoms with Gasteiger partial charge in [0.1, 0.15) is 17.5 Å². The van der Waals surface area contributed by atoms with Crippen LogP contribution in [0.1, 0.15) is 0 Å². The van der Waals surface area contributed by atoms with Crippen LogP contribution in [0.5, 0.6) is 0 Å². The van der Waals surface area contributed by atoms with Gasteiger partial charge in [-0.2, -0.15) is 0 Å². The van der Waals surface area contributed by atoms with Crippen LogP contribution in [0.3, 0.4) is 0 Å². The van der Waals surface area contributed by atoms with Crippen LogP contribution in [0, 0.1) is 17.5 Å². The molecule has 5 heteroatoms. The van der Waals surface area contributed by atoms with Crippen molar-refractivity contribution in [3.63, 3.8) is 0 Å². The lowest BCUT2D eigenvalue weighted by atomic mass is 10.1. The zero-order chi connectivity index (χ0) is 10.1. The SMILES string of the molecule is Fc1cc(F)c(-c2cscn2)c(F)c1. The van der Waals surface area contributed by atoms with Crippen molar-refractivity contribution in [2.75, 3.05) is 0 Å². The van der Waals surface area contributed by atoms with Crippen LogP contribution >= 0.6 is 11.3 Å². The Kier molecular flexibility index (Phi) is 2.25. The average molecular weight is 215 g/mol.